The fourth-order valence-corrected chi connectivity index (χ4v) is 2.81. The number of hydrogen-bond acceptors (Lipinski definition) is 3. The third kappa shape index (κ3) is 2.81. The SMILES string of the molecule is CCc1onc(C)c1[C@H]1CCCN1C(=O)N[C@H](C)CC. The summed E-state index contributed by atoms with van der Waals surface area (Å²) in [5.74, 6) is 0.913. The summed E-state index contributed by atoms with van der Waals surface area (Å²) in [6.45, 7) is 8.93. The van der Waals surface area contributed by atoms with E-state index < -0.39 is 0 Å². The molecule has 20 heavy (non-hydrogen) atoms. The average molecular weight is 279 g/mol. The summed E-state index contributed by atoms with van der Waals surface area (Å²) < 4.78 is 5.38. The van der Waals surface area contributed by atoms with Gasteiger partial charge in [0.15, 0.2) is 0 Å². The number of rotatable bonds is 4. The zero-order valence-electron chi connectivity index (χ0n) is 12.9. The minimum absolute atomic E-state index is 0.0319. The molecule has 1 saturated heterocycles. The number of nitrogens with one attached hydrogen (secondary N) is 1. The second kappa shape index (κ2) is 6.29. The molecule has 1 N–H and O–H groups in total. The Kier molecular flexibility index (Phi) is 4.68. The van der Waals surface area contributed by atoms with Crippen molar-refractivity contribution in [3.05, 3.63) is 17.0 Å². The van der Waals surface area contributed by atoms with E-state index in [1.54, 1.807) is 0 Å². The number of likely N-dealkylation sites (tertiary alicyclic amines) is 1. The average Bonchev–Trinajstić information content (AvgIpc) is 3.03. The fourth-order valence-electron chi connectivity index (χ4n) is 2.81. The van der Waals surface area contributed by atoms with Gasteiger partial charge in [-0.05, 0) is 33.1 Å². The zero-order valence-corrected chi connectivity index (χ0v) is 12.9. The number of aryl methyl sites for hydroxylation is 2. The molecule has 2 atom stereocenters. The monoisotopic (exact) mass is 279 g/mol. The van der Waals surface area contributed by atoms with Crippen LogP contribution in [0.2, 0.25) is 0 Å². The zero-order chi connectivity index (χ0) is 14.7. The molecule has 1 aliphatic rings. The van der Waals surface area contributed by atoms with Gasteiger partial charge in [0.25, 0.3) is 0 Å². The topological polar surface area (TPSA) is 58.4 Å². The van der Waals surface area contributed by atoms with Crippen molar-refractivity contribution in [3.8, 4) is 0 Å². The second-order valence-corrected chi connectivity index (χ2v) is 5.57. The number of hydrogen-bond donors (Lipinski definition) is 1. The van der Waals surface area contributed by atoms with Gasteiger partial charge in [-0.3, -0.25) is 0 Å². The van der Waals surface area contributed by atoms with Crippen molar-refractivity contribution >= 4 is 6.03 Å². The van der Waals surface area contributed by atoms with E-state index in [4.69, 9.17) is 4.52 Å². The molecule has 0 bridgehead atoms. The van der Waals surface area contributed by atoms with Gasteiger partial charge in [-0.25, -0.2) is 4.79 Å². The van der Waals surface area contributed by atoms with E-state index in [1.807, 2.05) is 18.7 Å². The Morgan fingerprint density at radius 2 is 2.30 bits per heavy atom. The van der Waals surface area contributed by atoms with E-state index in [1.165, 1.54) is 0 Å². The normalized spacial score (nSPS) is 20.2. The van der Waals surface area contributed by atoms with Crippen molar-refractivity contribution in [2.45, 2.75) is 65.5 Å². The van der Waals surface area contributed by atoms with Crippen LogP contribution >= 0.6 is 0 Å². The first-order valence-corrected chi connectivity index (χ1v) is 7.60. The molecule has 0 aliphatic carbocycles. The Bertz CT molecular complexity index is 470. The molecule has 2 heterocycles. The fraction of sp³-hybridized carbons (Fsp3) is 0.733. The molecule has 112 valence electrons. The molecule has 0 radical (unpaired) electrons. The second-order valence-electron chi connectivity index (χ2n) is 5.57. The van der Waals surface area contributed by atoms with E-state index in [0.717, 1.165) is 49.2 Å². The standard InChI is InChI=1S/C15H25N3O2/c1-5-10(3)16-15(19)18-9-7-8-12(18)14-11(4)17-20-13(14)6-2/h10,12H,5-9H2,1-4H3,(H,16,19)/t10-,12-/m1/s1. The number of nitrogens with zero attached hydrogens (tertiary/aromatic N) is 2. The van der Waals surface area contributed by atoms with Crippen LogP contribution in [-0.4, -0.2) is 28.7 Å². The van der Waals surface area contributed by atoms with E-state index in [-0.39, 0.29) is 18.1 Å². The highest BCUT2D eigenvalue weighted by atomic mass is 16.5. The highest BCUT2D eigenvalue weighted by Gasteiger charge is 2.34. The van der Waals surface area contributed by atoms with Gasteiger partial charge in [-0.15, -0.1) is 0 Å². The minimum atomic E-state index is 0.0319. The van der Waals surface area contributed by atoms with Crippen molar-refractivity contribution in [3.63, 3.8) is 0 Å². The summed E-state index contributed by atoms with van der Waals surface area (Å²) in [4.78, 5) is 14.3. The summed E-state index contributed by atoms with van der Waals surface area (Å²) in [7, 11) is 0. The van der Waals surface area contributed by atoms with Gasteiger partial charge >= 0.3 is 6.03 Å². The first kappa shape index (κ1) is 14.9. The highest BCUT2D eigenvalue weighted by Crippen LogP contribution is 2.35. The van der Waals surface area contributed by atoms with Gasteiger partial charge in [-0.1, -0.05) is 19.0 Å². The van der Waals surface area contributed by atoms with Crippen molar-refractivity contribution in [2.24, 2.45) is 0 Å². The predicted molar refractivity (Wildman–Crippen MR) is 77.6 cm³/mol. The summed E-state index contributed by atoms with van der Waals surface area (Å²) in [5.41, 5.74) is 2.03. The quantitative estimate of drug-likeness (QED) is 0.920. The molecular weight excluding hydrogens is 254 g/mol. The molecule has 1 aliphatic heterocycles. The van der Waals surface area contributed by atoms with Gasteiger partial charge in [0, 0.05) is 24.6 Å². The number of carbonyl (C=O) groups is 1. The summed E-state index contributed by atoms with van der Waals surface area (Å²) in [6, 6.07) is 0.350. The lowest BCUT2D eigenvalue weighted by Crippen LogP contribution is -2.43. The summed E-state index contributed by atoms with van der Waals surface area (Å²) >= 11 is 0. The first-order valence-electron chi connectivity index (χ1n) is 7.60. The molecule has 5 nitrogen and oxygen atoms in total. The molecule has 1 aromatic heterocycles. The lowest BCUT2D eigenvalue weighted by molar-refractivity contribution is 0.189. The third-order valence-electron chi connectivity index (χ3n) is 4.13. The molecule has 0 aromatic carbocycles. The van der Waals surface area contributed by atoms with E-state index >= 15 is 0 Å². The van der Waals surface area contributed by atoms with Gasteiger partial charge in [0.2, 0.25) is 0 Å². The van der Waals surface area contributed by atoms with Crippen LogP contribution in [0.3, 0.4) is 0 Å². The van der Waals surface area contributed by atoms with Crippen molar-refractivity contribution in [2.75, 3.05) is 6.54 Å². The molecule has 2 amide bonds. The largest absolute Gasteiger partial charge is 0.361 e. The van der Waals surface area contributed by atoms with Gasteiger partial charge in [-0.2, -0.15) is 0 Å². The Hall–Kier alpha value is -1.52. The van der Waals surface area contributed by atoms with Crippen molar-refractivity contribution in [1.82, 2.24) is 15.4 Å². The summed E-state index contributed by atoms with van der Waals surface area (Å²) in [6.07, 6.45) is 3.78. The van der Waals surface area contributed by atoms with Gasteiger partial charge in [0.1, 0.15) is 5.76 Å². The van der Waals surface area contributed by atoms with Crippen LogP contribution in [0.25, 0.3) is 0 Å². The molecule has 5 heteroatoms. The highest BCUT2D eigenvalue weighted by molar-refractivity contribution is 5.75. The van der Waals surface area contributed by atoms with Gasteiger partial charge in [0.05, 0.1) is 11.7 Å². The number of aromatic nitrogens is 1. The van der Waals surface area contributed by atoms with E-state index in [0.29, 0.717) is 0 Å². The molecule has 0 unspecified atom stereocenters. The third-order valence-corrected chi connectivity index (χ3v) is 4.13. The number of carbonyl (C=O) groups excluding carboxylic acids is 1. The molecular formula is C15H25N3O2. The van der Waals surface area contributed by atoms with Crippen molar-refractivity contribution < 1.29 is 9.32 Å². The Morgan fingerprint density at radius 3 is 2.95 bits per heavy atom. The lowest BCUT2D eigenvalue weighted by Gasteiger charge is -2.26. The molecule has 0 spiro atoms. The van der Waals surface area contributed by atoms with Crippen LogP contribution in [0.15, 0.2) is 4.52 Å². The van der Waals surface area contributed by atoms with Crippen LogP contribution in [0, 0.1) is 6.92 Å². The van der Waals surface area contributed by atoms with Crippen LogP contribution < -0.4 is 5.32 Å². The number of urea groups is 1. The van der Waals surface area contributed by atoms with Gasteiger partial charge < -0.3 is 14.7 Å². The Labute approximate surface area is 120 Å². The predicted octanol–water partition coefficient (Wildman–Crippen LogP) is 3.19. The maximum absolute atomic E-state index is 12.4. The Morgan fingerprint density at radius 1 is 1.55 bits per heavy atom. The Balaban J connectivity index is 2.18. The summed E-state index contributed by atoms with van der Waals surface area (Å²) in [5, 5.41) is 7.13. The van der Waals surface area contributed by atoms with Crippen molar-refractivity contribution in [1.29, 1.82) is 0 Å². The first-order chi connectivity index (χ1) is 9.58. The lowest BCUT2D eigenvalue weighted by atomic mass is 10.0. The van der Waals surface area contributed by atoms with E-state index in [2.05, 4.69) is 24.3 Å². The maximum Gasteiger partial charge on any atom is 0.318 e. The van der Waals surface area contributed by atoms with Crippen LogP contribution in [-0.2, 0) is 6.42 Å². The molecule has 1 fully saturated rings. The van der Waals surface area contributed by atoms with E-state index in [9.17, 15) is 4.79 Å². The smallest absolute Gasteiger partial charge is 0.318 e. The molecule has 0 saturated carbocycles. The number of amides is 2. The molecule has 1 aromatic rings. The minimum Gasteiger partial charge on any atom is -0.361 e. The molecule has 2 rings (SSSR count). The van der Waals surface area contributed by atoms with Crippen LogP contribution in [0.4, 0.5) is 4.79 Å². The van der Waals surface area contributed by atoms with Crippen LogP contribution in [0.1, 0.15) is 63.1 Å². The van der Waals surface area contributed by atoms with Crippen LogP contribution in [0.5, 0.6) is 0 Å². The maximum atomic E-state index is 12.4.